The molecule has 1 aromatic carbocycles. The van der Waals surface area contributed by atoms with Crippen molar-refractivity contribution in [1.82, 2.24) is 19.5 Å². The minimum absolute atomic E-state index is 0.0467. The number of aromatic nitrogens is 1. The standard InChI is InChI=1S/C26H36N4O5S/c1-18-15-30(19(2)17-31)36(33,34)25-11-10-20(21-7-6-12-27-14-21)13-23(25)35-24(18)16-29(3)26(32)28-22-8-4-5-9-22/h6-7,10-14,18-19,22,24,31H,4-5,8-9,15-17H2,1-3H3,(H,28,32)/t18-,19-,24-/m0/s1. The largest absolute Gasteiger partial charge is 0.487 e. The lowest BCUT2D eigenvalue weighted by Gasteiger charge is -2.37. The van der Waals surface area contributed by atoms with Gasteiger partial charge in [-0.15, -0.1) is 0 Å². The summed E-state index contributed by atoms with van der Waals surface area (Å²) in [6, 6.07) is 8.15. The number of likely N-dealkylation sites (N-methyl/N-ethyl adjacent to an activating group) is 1. The van der Waals surface area contributed by atoms with Crippen molar-refractivity contribution in [2.75, 3.05) is 26.7 Å². The number of carbonyl (C=O) groups is 1. The Balaban J connectivity index is 1.68. The highest BCUT2D eigenvalue weighted by Gasteiger charge is 2.38. The maximum atomic E-state index is 13.6. The number of carbonyl (C=O) groups excluding carboxylic acids is 1. The molecule has 196 valence electrons. The summed E-state index contributed by atoms with van der Waals surface area (Å²) in [4.78, 5) is 18.7. The first kappa shape index (κ1) is 26.4. The van der Waals surface area contributed by atoms with E-state index in [9.17, 15) is 18.3 Å². The first-order valence-electron chi connectivity index (χ1n) is 12.6. The van der Waals surface area contributed by atoms with Crippen LogP contribution < -0.4 is 10.1 Å². The Bertz CT molecular complexity index is 1150. The molecule has 2 aliphatic rings. The van der Waals surface area contributed by atoms with E-state index in [1.165, 1.54) is 4.31 Å². The Kier molecular flexibility index (Phi) is 8.17. The van der Waals surface area contributed by atoms with Crippen LogP contribution in [0, 0.1) is 5.92 Å². The van der Waals surface area contributed by atoms with Crippen molar-refractivity contribution in [3.8, 4) is 16.9 Å². The number of nitrogens with zero attached hydrogens (tertiary/aromatic N) is 3. The van der Waals surface area contributed by atoms with Crippen LogP contribution in [0.4, 0.5) is 4.79 Å². The number of aliphatic hydroxyl groups is 1. The molecule has 0 saturated heterocycles. The van der Waals surface area contributed by atoms with Crippen LogP contribution in [0.3, 0.4) is 0 Å². The van der Waals surface area contributed by atoms with Crippen molar-refractivity contribution in [3.05, 3.63) is 42.7 Å². The van der Waals surface area contributed by atoms with E-state index in [1.807, 2.05) is 19.1 Å². The van der Waals surface area contributed by atoms with Gasteiger partial charge in [0.2, 0.25) is 10.0 Å². The zero-order valence-corrected chi connectivity index (χ0v) is 21.9. The molecule has 4 rings (SSSR count). The van der Waals surface area contributed by atoms with Gasteiger partial charge in [-0.1, -0.05) is 31.9 Å². The van der Waals surface area contributed by atoms with Gasteiger partial charge in [0, 0.05) is 49.6 Å². The zero-order chi connectivity index (χ0) is 25.9. The molecule has 9 nitrogen and oxygen atoms in total. The van der Waals surface area contributed by atoms with E-state index in [0.717, 1.165) is 36.8 Å². The Morgan fingerprint density at radius 1 is 1.28 bits per heavy atom. The minimum Gasteiger partial charge on any atom is -0.487 e. The van der Waals surface area contributed by atoms with Gasteiger partial charge in [-0.25, -0.2) is 13.2 Å². The van der Waals surface area contributed by atoms with E-state index in [4.69, 9.17) is 4.74 Å². The first-order valence-corrected chi connectivity index (χ1v) is 14.0. The lowest BCUT2D eigenvalue weighted by Crippen LogP contribution is -2.51. The number of hydrogen-bond acceptors (Lipinski definition) is 6. The third-order valence-electron chi connectivity index (χ3n) is 7.15. The van der Waals surface area contributed by atoms with Gasteiger partial charge in [0.1, 0.15) is 16.7 Å². The van der Waals surface area contributed by atoms with Crippen LogP contribution >= 0.6 is 0 Å². The minimum atomic E-state index is -3.93. The monoisotopic (exact) mass is 516 g/mol. The van der Waals surface area contributed by atoms with E-state index in [-0.39, 0.29) is 48.3 Å². The molecule has 1 fully saturated rings. The molecule has 2 amide bonds. The van der Waals surface area contributed by atoms with E-state index < -0.39 is 22.2 Å². The highest BCUT2D eigenvalue weighted by Crippen LogP contribution is 2.36. The summed E-state index contributed by atoms with van der Waals surface area (Å²) in [5, 5.41) is 12.9. The van der Waals surface area contributed by atoms with Crippen LogP contribution in [0.15, 0.2) is 47.6 Å². The van der Waals surface area contributed by atoms with E-state index in [2.05, 4.69) is 10.3 Å². The molecule has 36 heavy (non-hydrogen) atoms. The number of pyridine rings is 1. The van der Waals surface area contributed by atoms with E-state index >= 15 is 0 Å². The smallest absolute Gasteiger partial charge is 0.317 e. The number of rotatable bonds is 6. The van der Waals surface area contributed by atoms with E-state index in [0.29, 0.717) is 0 Å². The lowest BCUT2D eigenvalue weighted by atomic mass is 10.0. The summed E-state index contributed by atoms with van der Waals surface area (Å²) >= 11 is 0. The highest BCUT2D eigenvalue weighted by molar-refractivity contribution is 7.89. The molecular formula is C26H36N4O5S. The van der Waals surface area contributed by atoms with Crippen molar-refractivity contribution in [2.24, 2.45) is 5.92 Å². The summed E-state index contributed by atoms with van der Waals surface area (Å²) < 4.78 is 35.0. The molecular weight excluding hydrogens is 480 g/mol. The molecule has 2 N–H and O–H groups in total. The molecule has 0 radical (unpaired) electrons. The second-order valence-electron chi connectivity index (χ2n) is 9.95. The van der Waals surface area contributed by atoms with Crippen molar-refractivity contribution in [1.29, 1.82) is 0 Å². The van der Waals surface area contributed by atoms with Gasteiger partial charge >= 0.3 is 6.03 Å². The fraction of sp³-hybridized carbons (Fsp3) is 0.538. The Morgan fingerprint density at radius 2 is 2.03 bits per heavy atom. The van der Waals surface area contributed by atoms with Gasteiger partial charge < -0.3 is 20.1 Å². The second kappa shape index (κ2) is 11.1. The predicted octanol–water partition coefficient (Wildman–Crippen LogP) is 3.10. The Hall–Kier alpha value is -2.69. The zero-order valence-electron chi connectivity index (χ0n) is 21.1. The molecule has 1 saturated carbocycles. The Labute approximate surface area is 213 Å². The summed E-state index contributed by atoms with van der Waals surface area (Å²) in [7, 11) is -2.20. The quantitative estimate of drug-likeness (QED) is 0.610. The van der Waals surface area contributed by atoms with Gasteiger partial charge in [0.15, 0.2) is 0 Å². The summed E-state index contributed by atoms with van der Waals surface area (Å²) in [6.45, 7) is 3.75. The summed E-state index contributed by atoms with van der Waals surface area (Å²) in [5.41, 5.74) is 1.61. The van der Waals surface area contributed by atoms with Crippen molar-refractivity contribution in [2.45, 2.75) is 62.6 Å². The third kappa shape index (κ3) is 5.66. The molecule has 10 heteroatoms. The average molecular weight is 517 g/mol. The van der Waals surface area contributed by atoms with Crippen LogP contribution in [0.5, 0.6) is 5.75 Å². The molecule has 1 aromatic heterocycles. The number of benzene rings is 1. The fourth-order valence-corrected chi connectivity index (χ4v) is 6.69. The average Bonchev–Trinajstić information content (AvgIpc) is 3.39. The SMILES string of the molecule is C[C@H]1CN([C@@H](C)CO)S(=O)(=O)c2ccc(-c3cccnc3)cc2O[C@H]1CN(C)C(=O)NC1CCCC1. The summed E-state index contributed by atoms with van der Waals surface area (Å²) in [5.74, 6) is -0.0154. The molecule has 0 unspecified atom stereocenters. The number of fused-ring (bicyclic) bond motifs is 1. The van der Waals surface area contributed by atoms with Crippen LogP contribution in [0.25, 0.3) is 11.1 Å². The van der Waals surface area contributed by atoms with Crippen molar-refractivity contribution in [3.63, 3.8) is 0 Å². The number of amides is 2. The van der Waals surface area contributed by atoms with Gasteiger partial charge in [-0.05, 0) is 43.5 Å². The van der Waals surface area contributed by atoms with Crippen LogP contribution in [0.1, 0.15) is 39.5 Å². The van der Waals surface area contributed by atoms with Gasteiger partial charge in [-0.3, -0.25) is 4.98 Å². The summed E-state index contributed by atoms with van der Waals surface area (Å²) in [6.07, 6.45) is 7.16. The second-order valence-corrected chi connectivity index (χ2v) is 11.8. The first-order chi connectivity index (χ1) is 17.2. The van der Waals surface area contributed by atoms with Gasteiger partial charge in [0.05, 0.1) is 13.2 Å². The van der Waals surface area contributed by atoms with E-state index in [1.54, 1.807) is 49.5 Å². The molecule has 0 spiro atoms. The van der Waals surface area contributed by atoms with Crippen molar-refractivity contribution >= 4 is 16.1 Å². The number of aliphatic hydroxyl groups excluding tert-OH is 1. The predicted molar refractivity (Wildman–Crippen MR) is 137 cm³/mol. The van der Waals surface area contributed by atoms with Crippen LogP contribution in [0.2, 0.25) is 0 Å². The molecule has 2 heterocycles. The Morgan fingerprint density at radius 3 is 2.69 bits per heavy atom. The number of hydrogen-bond donors (Lipinski definition) is 2. The fourth-order valence-electron chi connectivity index (χ4n) is 4.86. The number of sulfonamides is 1. The lowest BCUT2D eigenvalue weighted by molar-refractivity contribution is 0.0809. The van der Waals surface area contributed by atoms with Gasteiger partial charge in [0.25, 0.3) is 0 Å². The molecule has 1 aliphatic carbocycles. The highest BCUT2D eigenvalue weighted by atomic mass is 32.2. The normalized spacial score (nSPS) is 23.1. The number of urea groups is 1. The maximum Gasteiger partial charge on any atom is 0.317 e. The van der Waals surface area contributed by atoms with Crippen LogP contribution in [-0.4, -0.2) is 78.7 Å². The van der Waals surface area contributed by atoms with Gasteiger partial charge in [-0.2, -0.15) is 4.31 Å². The van der Waals surface area contributed by atoms with Crippen LogP contribution in [-0.2, 0) is 10.0 Å². The molecule has 0 bridgehead atoms. The van der Waals surface area contributed by atoms with Crippen molar-refractivity contribution < 1.29 is 23.1 Å². The maximum absolute atomic E-state index is 13.6. The third-order valence-corrected chi connectivity index (χ3v) is 9.16. The number of nitrogens with one attached hydrogen (secondary N) is 1. The molecule has 3 atom stereocenters. The molecule has 1 aliphatic heterocycles. The molecule has 2 aromatic rings. The number of ether oxygens (including phenoxy) is 1. The topological polar surface area (TPSA) is 112 Å².